The summed E-state index contributed by atoms with van der Waals surface area (Å²) in [6, 6.07) is 11.0. The molecule has 4 heteroatoms. The van der Waals surface area contributed by atoms with Crippen molar-refractivity contribution in [1.82, 2.24) is 0 Å². The Labute approximate surface area is 121 Å². The largest absolute Gasteiger partial charge is 0.392 e. The monoisotopic (exact) mass is 294 g/mol. The highest BCUT2D eigenvalue weighted by molar-refractivity contribution is 7.99. The second kappa shape index (κ2) is 6.86. The molecule has 106 valence electrons. The minimum atomic E-state index is -0.594. The van der Waals surface area contributed by atoms with E-state index in [1.165, 1.54) is 30.0 Å². The summed E-state index contributed by atoms with van der Waals surface area (Å²) in [6.07, 6.45) is -0.156. The molecule has 2 aromatic rings. The van der Waals surface area contributed by atoms with Crippen LogP contribution in [0.4, 0.5) is 8.78 Å². The van der Waals surface area contributed by atoms with Crippen LogP contribution in [0.1, 0.15) is 11.1 Å². The number of thioether (sulfide) groups is 1. The first-order chi connectivity index (χ1) is 9.56. The van der Waals surface area contributed by atoms with E-state index < -0.39 is 6.10 Å². The molecule has 1 N–H and O–H groups in total. The summed E-state index contributed by atoms with van der Waals surface area (Å²) in [7, 11) is 0. The van der Waals surface area contributed by atoms with Crippen molar-refractivity contribution >= 4 is 11.8 Å². The van der Waals surface area contributed by atoms with Crippen LogP contribution < -0.4 is 0 Å². The molecule has 0 radical (unpaired) electrons. The molecule has 0 aliphatic carbocycles. The maximum atomic E-state index is 13.4. The van der Waals surface area contributed by atoms with Crippen molar-refractivity contribution < 1.29 is 13.9 Å². The second-order valence-electron chi connectivity index (χ2n) is 4.67. The maximum absolute atomic E-state index is 13.4. The van der Waals surface area contributed by atoms with Gasteiger partial charge < -0.3 is 5.11 Å². The number of halogens is 2. The van der Waals surface area contributed by atoms with Gasteiger partial charge in [0.1, 0.15) is 11.6 Å². The van der Waals surface area contributed by atoms with Gasteiger partial charge in [-0.05, 0) is 48.7 Å². The van der Waals surface area contributed by atoms with Crippen molar-refractivity contribution in [3.8, 4) is 0 Å². The third-order valence-corrected chi connectivity index (χ3v) is 4.22. The van der Waals surface area contributed by atoms with Gasteiger partial charge in [0, 0.05) is 10.6 Å². The molecule has 0 saturated carbocycles. The van der Waals surface area contributed by atoms with E-state index in [1.54, 1.807) is 24.3 Å². The number of aliphatic hydroxyl groups excluding tert-OH is 1. The first kappa shape index (κ1) is 15.0. The summed E-state index contributed by atoms with van der Waals surface area (Å²) >= 11 is 1.28. The molecule has 0 bridgehead atoms. The van der Waals surface area contributed by atoms with E-state index in [-0.39, 0.29) is 11.6 Å². The van der Waals surface area contributed by atoms with Crippen molar-refractivity contribution in [2.45, 2.75) is 24.3 Å². The van der Waals surface area contributed by atoms with Crippen molar-refractivity contribution in [2.75, 3.05) is 5.75 Å². The Morgan fingerprint density at radius 2 is 1.90 bits per heavy atom. The van der Waals surface area contributed by atoms with Gasteiger partial charge in [0.25, 0.3) is 0 Å². The highest BCUT2D eigenvalue weighted by atomic mass is 32.2. The molecular weight excluding hydrogens is 278 g/mol. The summed E-state index contributed by atoms with van der Waals surface area (Å²) in [5, 5.41) is 10.0. The average Bonchev–Trinajstić information content (AvgIpc) is 2.41. The zero-order valence-electron chi connectivity index (χ0n) is 11.1. The fourth-order valence-corrected chi connectivity index (χ4v) is 2.82. The van der Waals surface area contributed by atoms with Gasteiger partial charge in [-0.3, -0.25) is 0 Å². The molecule has 0 heterocycles. The quantitative estimate of drug-likeness (QED) is 0.842. The lowest BCUT2D eigenvalue weighted by molar-refractivity contribution is 0.200. The summed E-state index contributed by atoms with van der Waals surface area (Å²) in [4.78, 5) is 0.530. The Balaban J connectivity index is 1.92. The van der Waals surface area contributed by atoms with Crippen LogP contribution in [0.3, 0.4) is 0 Å². The Kier molecular flexibility index (Phi) is 5.15. The molecule has 20 heavy (non-hydrogen) atoms. The van der Waals surface area contributed by atoms with Crippen LogP contribution >= 0.6 is 11.8 Å². The lowest BCUT2D eigenvalue weighted by Crippen LogP contribution is -2.14. The van der Waals surface area contributed by atoms with Crippen molar-refractivity contribution in [3.05, 3.63) is 65.2 Å². The SMILES string of the molecule is Cc1cc(F)ccc1CC(O)CSc1ccccc1F. The third-order valence-electron chi connectivity index (χ3n) is 3.03. The van der Waals surface area contributed by atoms with E-state index >= 15 is 0 Å². The fraction of sp³-hybridized carbons (Fsp3) is 0.250. The molecule has 0 saturated heterocycles. The Morgan fingerprint density at radius 3 is 2.60 bits per heavy atom. The van der Waals surface area contributed by atoms with Gasteiger partial charge in [-0.15, -0.1) is 11.8 Å². The van der Waals surface area contributed by atoms with Gasteiger partial charge in [-0.1, -0.05) is 18.2 Å². The maximum Gasteiger partial charge on any atom is 0.136 e. The van der Waals surface area contributed by atoms with Crippen LogP contribution in [0.15, 0.2) is 47.4 Å². The molecule has 2 rings (SSSR count). The normalized spacial score (nSPS) is 12.4. The van der Waals surface area contributed by atoms with Gasteiger partial charge in [0.05, 0.1) is 6.10 Å². The number of hydrogen-bond donors (Lipinski definition) is 1. The molecule has 0 aliphatic heterocycles. The lowest BCUT2D eigenvalue weighted by atomic mass is 10.0. The minimum absolute atomic E-state index is 0.275. The molecule has 1 atom stereocenters. The summed E-state index contributed by atoms with van der Waals surface area (Å²) in [5.74, 6) is -0.151. The molecule has 0 fully saturated rings. The second-order valence-corrected chi connectivity index (χ2v) is 5.73. The van der Waals surface area contributed by atoms with Gasteiger partial charge in [0.2, 0.25) is 0 Å². The lowest BCUT2D eigenvalue weighted by Gasteiger charge is -2.12. The van der Waals surface area contributed by atoms with E-state index in [4.69, 9.17) is 0 Å². The molecule has 0 spiro atoms. The molecule has 0 aliphatic rings. The van der Waals surface area contributed by atoms with Crippen molar-refractivity contribution in [2.24, 2.45) is 0 Å². The molecule has 0 aromatic heterocycles. The van der Waals surface area contributed by atoms with Gasteiger partial charge in [-0.2, -0.15) is 0 Å². The number of hydrogen-bond acceptors (Lipinski definition) is 2. The topological polar surface area (TPSA) is 20.2 Å². The summed E-state index contributed by atoms with van der Waals surface area (Å²) in [6.45, 7) is 1.81. The summed E-state index contributed by atoms with van der Waals surface area (Å²) in [5.41, 5.74) is 1.73. The van der Waals surface area contributed by atoms with Crippen LogP contribution in [0.5, 0.6) is 0 Å². The van der Waals surface area contributed by atoms with Crippen LogP contribution in [0.25, 0.3) is 0 Å². The highest BCUT2D eigenvalue weighted by Crippen LogP contribution is 2.23. The van der Waals surface area contributed by atoms with Gasteiger partial charge >= 0.3 is 0 Å². The molecule has 2 aromatic carbocycles. The van der Waals surface area contributed by atoms with Crippen molar-refractivity contribution in [1.29, 1.82) is 0 Å². The predicted octanol–water partition coefficient (Wildman–Crippen LogP) is 3.97. The van der Waals surface area contributed by atoms with E-state index in [1.807, 2.05) is 6.92 Å². The minimum Gasteiger partial charge on any atom is -0.392 e. The Bertz CT molecular complexity index is 586. The highest BCUT2D eigenvalue weighted by Gasteiger charge is 2.10. The van der Waals surface area contributed by atoms with Crippen LogP contribution in [-0.2, 0) is 6.42 Å². The zero-order valence-corrected chi connectivity index (χ0v) is 12.0. The molecule has 0 amide bonds. The first-order valence-electron chi connectivity index (χ1n) is 6.36. The van der Waals surface area contributed by atoms with Gasteiger partial charge in [-0.25, -0.2) is 8.78 Å². The number of rotatable bonds is 5. The number of aliphatic hydroxyl groups is 1. The van der Waals surface area contributed by atoms with E-state index in [0.717, 1.165) is 11.1 Å². The van der Waals surface area contributed by atoms with Crippen LogP contribution in [0.2, 0.25) is 0 Å². The van der Waals surface area contributed by atoms with Crippen LogP contribution in [-0.4, -0.2) is 17.0 Å². The first-order valence-corrected chi connectivity index (χ1v) is 7.35. The Morgan fingerprint density at radius 1 is 1.15 bits per heavy atom. The van der Waals surface area contributed by atoms with Crippen LogP contribution in [0, 0.1) is 18.6 Å². The van der Waals surface area contributed by atoms with E-state index in [2.05, 4.69) is 0 Å². The smallest absolute Gasteiger partial charge is 0.136 e. The van der Waals surface area contributed by atoms with E-state index in [0.29, 0.717) is 17.1 Å². The number of benzene rings is 2. The van der Waals surface area contributed by atoms with Gasteiger partial charge in [0.15, 0.2) is 0 Å². The fourth-order valence-electron chi connectivity index (χ4n) is 1.95. The zero-order chi connectivity index (χ0) is 14.5. The summed E-state index contributed by atoms with van der Waals surface area (Å²) < 4.78 is 26.4. The standard InChI is InChI=1S/C16H16F2OS/c1-11-8-13(17)7-6-12(11)9-14(19)10-20-16-5-3-2-4-15(16)18/h2-8,14,19H,9-10H2,1H3. The van der Waals surface area contributed by atoms with Crippen molar-refractivity contribution in [3.63, 3.8) is 0 Å². The van der Waals surface area contributed by atoms with E-state index in [9.17, 15) is 13.9 Å². The molecule has 1 unspecified atom stereocenters. The third kappa shape index (κ3) is 4.05. The predicted molar refractivity (Wildman–Crippen MR) is 78.0 cm³/mol. The molecular formula is C16H16F2OS. The number of aryl methyl sites for hydroxylation is 1. The molecule has 1 nitrogen and oxygen atoms in total. The average molecular weight is 294 g/mol. The Hall–Kier alpha value is -1.39.